The van der Waals surface area contributed by atoms with Gasteiger partial charge in [-0.05, 0) is 12.3 Å². The number of methoxy groups -OCH3 is 1. The van der Waals surface area contributed by atoms with Crippen LogP contribution >= 0.6 is 0 Å². The molecule has 0 aromatic carbocycles. The summed E-state index contributed by atoms with van der Waals surface area (Å²) >= 11 is 0. The predicted molar refractivity (Wildman–Crippen MR) is 56.6 cm³/mol. The Bertz CT molecular complexity index is 163. The van der Waals surface area contributed by atoms with E-state index in [9.17, 15) is 4.79 Å². The molecule has 2 heteroatoms. The smallest absolute Gasteiger partial charge is 0.332 e. The van der Waals surface area contributed by atoms with Crippen molar-refractivity contribution in [3.05, 3.63) is 12.2 Å². The van der Waals surface area contributed by atoms with E-state index in [4.69, 9.17) is 0 Å². The molecule has 0 fully saturated rings. The van der Waals surface area contributed by atoms with E-state index >= 15 is 0 Å². The van der Waals surface area contributed by atoms with Gasteiger partial charge >= 0.3 is 5.97 Å². The van der Waals surface area contributed by atoms with Crippen LogP contribution in [-0.4, -0.2) is 13.1 Å². The average molecular weight is 186 g/mol. The molecule has 0 spiro atoms. The maximum Gasteiger partial charge on any atom is 0.332 e. The first-order chi connectivity index (χ1) is 5.74. The van der Waals surface area contributed by atoms with Crippen molar-refractivity contribution in [2.45, 2.75) is 41.0 Å². The van der Waals surface area contributed by atoms with Crippen LogP contribution in [-0.2, 0) is 9.53 Å². The van der Waals surface area contributed by atoms with Crippen LogP contribution < -0.4 is 0 Å². The van der Waals surface area contributed by atoms with Gasteiger partial charge in [-0.2, -0.15) is 0 Å². The summed E-state index contributed by atoms with van der Waals surface area (Å²) in [5.41, 5.74) is 0.975. The van der Waals surface area contributed by atoms with Crippen LogP contribution in [0.15, 0.2) is 12.2 Å². The molecule has 13 heavy (non-hydrogen) atoms. The number of esters is 1. The lowest BCUT2D eigenvalue weighted by atomic mass is 9.94. The summed E-state index contributed by atoms with van der Waals surface area (Å²) in [6.45, 7) is 13.9. The van der Waals surface area contributed by atoms with E-state index in [2.05, 4.69) is 39.0 Å². The van der Waals surface area contributed by atoms with Gasteiger partial charge in [-0.15, -0.1) is 0 Å². The van der Waals surface area contributed by atoms with Crippen molar-refractivity contribution in [1.82, 2.24) is 0 Å². The van der Waals surface area contributed by atoms with Gasteiger partial charge in [0.1, 0.15) is 0 Å². The molecular formula is C11H22O2. The second-order valence-corrected chi connectivity index (χ2v) is 4.19. The van der Waals surface area contributed by atoms with Gasteiger partial charge in [0, 0.05) is 5.57 Å². The molecule has 0 amide bonds. The molecule has 0 N–H and O–H groups in total. The third-order valence-electron chi connectivity index (χ3n) is 1.59. The molecule has 0 saturated carbocycles. The van der Waals surface area contributed by atoms with E-state index in [1.165, 1.54) is 13.5 Å². The zero-order chi connectivity index (χ0) is 11.1. The van der Waals surface area contributed by atoms with Gasteiger partial charge in [0.25, 0.3) is 0 Å². The van der Waals surface area contributed by atoms with Gasteiger partial charge in [0.2, 0.25) is 0 Å². The topological polar surface area (TPSA) is 26.3 Å². The van der Waals surface area contributed by atoms with Crippen LogP contribution in [0.2, 0.25) is 0 Å². The predicted octanol–water partition coefficient (Wildman–Crippen LogP) is 3.18. The fourth-order valence-electron chi connectivity index (χ4n) is 0.174. The lowest BCUT2D eigenvalue weighted by Gasteiger charge is -2.12. The molecule has 0 unspecified atom stereocenters. The first kappa shape index (κ1) is 14.7. The zero-order valence-corrected chi connectivity index (χ0v) is 9.73. The Labute approximate surface area is 82.0 Å². The summed E-state index contributed by atoms with van der Waals surface area (Å²) in [4.78, 5) is 10.2. The number of carbonyl (C=O) groups excluding carboxylic acids is 1. The minimum atomic E-state index is -0.347. The molecule has 0 aliphatic rings. The standard InChI is InChI=1S/C6H14.C5H8O2/c1-5-6(2,3)4;1-4(2)5(6)7-3/h5H2,1-4H3;1H2,2-3H3. The van der Waals surface area contributed by atoms with E-state index in [1.54, 1.807) is 6.92 Å². The Balaban J connectivity index is 0. The summed E-state index contributed by atoms with van der Waals surface area (Å²) in [5, 5.41) is 0. The normalized spacial score (nSPS) is 9.69. The Morgan fingerprint density at radius 2 is 1.69 bits per heavy atom. The first-order valence-electron chi connectivity index (χ1n) is 4.48. The van der Waals surface area contributed by atoms with Crippen LogP contribution in [0.5, 0.6) is 0 Å². The number of ether oxygens (including phenoxy) is 1. The molecule has 0 aliphatic carbocycles. The Kier molecular flexibility index (Phi) is 7.58. The zero-order valence-electron chi connectivity index (χ0n) is 9.73. The molecule has 0 saturated heterocycles. The van der Waals surface area contributed by atoms with E-state index < -0.39 is 0 Å². The van der Waals surface area contributed by atoms with Crippen molar-refractivity contribution in [2.75, 3.05) is 7.11 Å². The van der Waals surface area contributed by atoms with E-state index in [0.717, 1.165) is 0 Å². The van der Waals surface area contributed by atoms with Gasteiger partial charge < -0.3 is 4.74 Å². The van der Waals surface area contributed by atoms with Crippen molar-refractivity contribution >= 4 is 5.97 Å². The fourth-order valence-corrected chi connectivity index (χ4v) is 0.174. The first-order valence-corrected chi connectivity index (χ1v) is 4.48. The monoisotopic (exact) mass is 186 g/mol. The largest absolute Gasteiger partial charge is 0.466 e. The maximum absolute atomic E-state index is 10.2. The van der Waals surface area contributed by atoms with Crippen LogP contribution in [0.3, 0.4) is 0 Å². The van der Waals surface area contributed by atoms with Crippen LogP contribution in [0.4, 0.5) is 0 Å². The Morgan fingerprint density at radius 1 is 1.38 bits per heavy atom. The third kappa shape index (κ3) is 14.1. The molecule has 0 atom stereocenters. The number of hydrogen-bond acceptors (Lipinski definition) is 2. The quantitative estimate of drug-likeness (QED) is 0.464. The second kappa shape index (κ2) is 6.70. The van der Waals surface area contributed by atoms with Gasteiger partial charge in [0.05, 0.1) is 7.11 Å². The van der Waals surface area contributed by atoms with E-state index in [1.807, 2.05) is 0 Å². The molecule has 0 aromatic rings. The van der Waals surface area contributed by atoms with Crippen molar-refractivity contribution in [1.29, 1.82) is 0 Å². The van der Waals surface area contributed by atoms with Crippen molar-refractivity contribution < 1.29 is 9.53 Å². The summed E-state index contributed by atoms with van der Waals surface area (Å²) < 4.78 is 4.27. The van der Waals surface area contributed by atoms with Crippen molar-refractivity contribution in [3.8, 4) is 0 Å². The molecule has 2 nitrogen and oxygen atoms in total. The van der Waals surface area contributed by atoms with Gasteiger partial charge in [-0.25, -0.2) is 4.79 Å². The summed E-state index contributed by atoms with van der Waals surface area (Å²) in [7, 11) is 1.33. The van der Waals surface area contributed by atoms with Crippen LogP contribution in [0.1, 0.15) is 41.0 Å². The van der Waals surface area contributed by atoms with E-state index in [-0.39, 0.29) is 5.97 Å². The minimum Gasteiger partial charge on any atom is -0.466 e. The van der Waals surface area contributed by atoms with E-state index in [0.29, 0.717) is 11.0 Å². The molecule has 78 valence electrons. The molecule has 0 aliphatic heterocycles. The molecule has 0 radical (unpaired) electrons. The summed E-state index contributed by atoms with van der Waals surface area (Å²) in [5.74, 6) is -0.347. The van der Waals surface area contributed by atoms with Gasteiger partial charge in [-0.1, -0.05) is 40.7 Å². The maximum atomic E-state index is 10.2. The number of hydrogen-bond donors (Lipinski definition) is 0. The second-order valence-electron chi connectivity index (χ2n) is 4.19. The lowest BCUT2D eigenvalue weighted by molar-refractivity contribution is -0.136. The number of rotatable bonds is 1. The third-order valence-corrected chi connectivity index (χ3v) is 1.59. The fraction of sp³-hybridized carbons (Fsp3) is 0.727. The minimum absolute atomic E-state index is 0.347. The molecule has 0 bridgehead atoms. The highest BCUT2D eigenvalue weighted by Crippen LogP contribution is 2.16. The molecule has 0 aromatic heterocycles. The van der Waals surface area contributed by atoms with Crippen molar-refractivity contribution in [2.24, 2.45) is 5.41 Å². The Hall–Kier alpha value is -0.790. The van der Waals surface area contributed by atoms with Crippen molar-refractivity contribution in [3.63, 3.8) is 0 Å². The number of carbonyl (C=O) groups is 1. The Morgan fingerprint density at radius 3 is 1.69 bits per heavy atom. The van der Waals surface area contributed by atoms with Crippen LogP contribution in [0.25, 0.3) is 0 Å². The van der Waals surface area contributed by atoms with Gasteiger partial charge in [-0.3, -0.25) is 0 Å². The highest BCUT2D eigenvalue weighted by atomic mass is 16.5. The van der Waals surface area contributed by atoms with Crippen LogP contribution in [0, 0.1) is 5.41 Å². The lowest BCUT2D eigenvalue weighted by Crippen LogP contribution is -2.00. The highest BCUT2D eigenvalue weighted by molar-refractivity contribution is 5.86. The molecular weight excluding hydrogens is 164 g/mol. The van der Waals surface area contributed by atoms with Gasteiger partial charge in [0.15, 0.2) is 0 Å². The summed E-state index contributed by atoms with van der Waals surface area (Å²) in [6.07, 6.45) is 1.27. The SMILES string of the molecule is C=C(C)C(=O)OC.CCC(C)(C)C. The average Bonchev–Trinajstić information content (AvgIpc) is 2.02. The summed E-state index contributed by atoms with van der Waals surface area (Å²) in [6, 6.07) is 0. The molecule has 0 heterocycles. The molecule has 0 rings (SSSR count). The highest BCUT2D eigenvalue weighted by Gasteiger charge is 2.03.